The van der Waals surface area contributed by atoms with Crippen LogP contribution >= 0.6 is 11.8 Å². The maximum atomic E-state index is 11.1. The van der Waals surface area contributed by atoms with Crippen molar-refractivity contribution in [1.29, 1.82) is 0 Å². The summed E-state index contributed by atoms with van der Waals surface area (Å²) in [7, 11) is 0. The number of hydrogen-bond donors (Lipinski definition) is 0. The largest absolute Gasteiger partial charge is 0.288 e. The summed E-state index contributed by atoms with van der Waals surface area (Å²) in [5.41, 5.74) is 1.21. The highest BCUT2D eigenvalue weighted by atomic mass is 32.2. The quantitative estimate of drug-likeness (QED) is 0.769. The maximum absolute atomic E-state index is 11.1. The van der Waals surface area contributed by atoms with E-state index in [1.165, 1.54) is 28.1 Å². The fourth-order valence-electron chi connectivity index (χ4n) is 1.78. The monoisotopic (exact) mass is 230 g/mol. The van der Waals surface area contributed by atoms with Gasteiger partial charge in [0, 0.05) is 12.2 Å². The fourth-order valence-corrected chi connectivity index (χ4v) is 2.56. The number of rotatable bonds is 2. The van der Waals surface area contributed by atoms with Gasteiger partial charge >= 0.3 is 0 Å². The minimum atomic E-state index is 0.167. The third-order valence-corrected chi connectivity index (χ3v) is 3.54. The Morgan fingerprint density at radius 1 is 1.12 bits per heavy atom. The van der Waals surface area contributed by atoms with Crippen LogP contribution in [0.2, 0.25) is 0 Å². The molecule has 2 heteroatoms. The van der Waals surface area contributed by atoms with Crippen LogP contribution in [0.3, 0.4) is 0 Å². The summed E-state index contributed by atoms with van der Waals surface area (Å²) >= 11 is 1.38. The molecule has 0 aromatic heterocycles. The van der Waals surface area contributed by atoms with Crippen molar-refractivity contribution >= 4 is 27.6 Å². The van der Waals surface area contributed by atoms with E-state index in [0.29, 0.717) is 0 Å². The second-order valence-electron chi connectivity index (χ2n) is 3.86. The molecule has 16 heavy (non-hydrogen) atoms. The molecule has 0 fully saturated rings. The third-order valence-electron chi connectivity index (χ3n) is 2.59. The molecule has 1 nitrogen and oxygen atoms in total. The van der Waals surface area contributed by atoms with Gasteiger partial charge in [-0.1, -0.05) is 54.2 Å². The van der Waals surface area contributed by atoms with E-state index < -0.39 is 0 Å². The zero-order valence-electron chi connectivity index (χ0n) is 9.44. The lowest BCUT2D eigenvalue weighted by atomic mass is 10.1. The van der Waals surface area contributed by atoms with Gasteiger partial charge in [-0.3, -0.25) is 4.79 Å². The second kappa shape index (κ2) is 4.71. The molecule has 0 N–H and O–H groups in total. The first-order valence-corrected chi connectivity index (χ1v) is 6.21. The van der Waals surface area contributed by atoms with E-state index in [0.717, 1.165) is 0 Å². The average molecular weight is 230 g/mol. The van der Waals surface area contributed by atoms with E-state index in [1.54, 1.807) is 6.92 Å². The van der Waals surface area contributed by atoms with Gasteiger partial charge in [0.2, 0.25) is 0 Å². The van der Waals surface area contributed by atoms with Gasteiger partial charge in [-0.25, -0.2) is 0 Å². The van der Waals surface area contributed by atoms with Gasteiger partial charge in [0.25, 0.3) is 0 Å². The second-order valence-corrected chi connectivity index (χ2v) is 5.38. The Morgan fingerprint density at radius 2 is 1.81 bits per heavy atom. The minimum Gasteiger partial charge on any atom is -0.288 e. The van der Waals surface area contributed by atoms with Crippen LogP contribution in [0.5, 0.6) is 0 Å². The number of fused-ring (bicyclic) bond motifs is 1. The van der Waals surface area contributed by atoms with Crippen LogP contribution in [0.15, 0.2) is 42.5 Å². The Morgan fingerprint density at radius 3 is 2.50 bits per heavy atom. The molecule has 0 spiro atoms. The molecule has 0 saturated carbocycles. The molecular weight excluding hydrogens is 216 g/mol. The van der Waals surface area contributed by atoms with Crippen LogP contribution in [0.1, 0.15) is 24.7 Å². The van der Waals surface area contributed by atoms with Gasteiger partial charge < -0.3 is 0 Å². The minimum absolute atomic E-state index is 0.167. The van der Waals surface area contributed by atoms with Crippen LogP contribution < -0.4 is 0 Å². The van der Waals surface area contributed by atoms with Crippen LogP contribution in [0.4, 0.5) is 0 Å². The summed E-state index contributed by atoms with van der Waals surface area (Å²) in [6, 6.07) is 14.7. The third kappa shape index (κ3) is 2.45. The van der Waals surface area contributed by atoms with Crippen molar-refractivity contribution in [1.82, 2.24) is 0 Å². The maximum Gasteiger partial charge on any atom is 0.186 e. The van der Waals surface area contributed by atoms with E-state index >= 15 is 0 Å². The molecule has 0 bridgehead atoms. The number of thioether (sulfide) groups is 1. The van der Waals surface area contributed by atoms with Crippen molar-refractivity contribution in [3.8, 4) is 0 Å². The summed E-state index contributed by atoms with van der Waals surface area (Å²) in [6.45, 7) is 3.68. The van der Waals surface area contributed by atoms with E-state index in [2.05, 4.69) is 37.3 Å². The molecule has 2 aromatic carbocycles. The summed E-state index contributed by atoms with van der Waals surface area (Å²) in [4.78, 5) is 11.1. The Labute approximate surface area is 99.9 Å². The van der Waals surface area contributed by atoms with Crippen LogP contribution in [0, 0.1) is 0 Å². The molecule has 1 atom stereocenters. The molecule has 0 aliphatic carbocycles. The molecule has 0 heterocycles. The topological polar surface area (TPSA) is 17.1 Å². The van der Waals surface area contributed by atoms with Gasteiger partial charge in [0.1, 0.15) is 0 Å². The molecule has 82 valence electrons. The standard InChI is InChI=1S/C14H14OS/c1-10(16-11(2)15)13-8-7-12-5-3-4-6-14(12)9-13/h3-10H,1-2H3. The number of carbonyl (C=O) groups excluding carboxylic acids is 1. The van der Waals surface area contributed by atoms with Crippen molar-refractivity contribution in [2.45, 2.75) is 19.1 Å². The SMILES string of the molecule is CC(=O)SC(C)c1ccc2ccccc2c1. The van der Waals surface area contributed by atoms with Crippen LogP contribution in [-0.2, 0) is 4.79 Å². The van der Waals surface area contributed by atoms with Crippen molar-refractivity contribution in [2.24, 2.45) is 0 Å². The van der Waals surface area contributed by atoms with E-state index in [-0.39, 0.29) is 10.4 Å². The predicted molar refractivity (Wildman–Crippen MR) is 70.6 cm³/mol. The lowest BCUT2D eigenvalue weighted by Crippen LogP contribution is -1.92. The fraction of sp³-hybridized carbons (Fsp3) is 0.214. The van der Waals surface area contributed by atoms with E-state index in [9.17, 15) is 4.79 Å². The van der Waals surface area contributed by atoms with E-state index in [1.807, 2.05) is 12.1 Å². The molecule has 0 aliphatic rings. The molecular formula is C14H14OS. The Bertz CT molecular complexity index is 519. The summed E-state index contributed by atoms with van der Waals surface area (Å²) < 4.78 is 0. The van der Waals surface area contributed by atoms with Gasteiger partial charge in [0.15, 0.2) is 5.12 Å². The molecule has 2 aromatic rings. The van der Waals surface area contributed by atoms with Crippen LogP contribution in [-0.4, -0.2) is 5.12 Å². The summed E-state index contributed by atoms with van der Waals surface area (Å²) in [5, 5.41) is 2.87. The van der Waals surface area contributed by atoms with Crippen molar-refractivity contribution < 1.29 is 4.79 Å². The smallest absolute Gasteiger partial charge is 0.186 e. The number of hydrogen-bond acceptors (Lipinski definition) is 2. The first-order chi connectivity index (χ1) is 7.66. The normalized spacial score (nSPS) is 12.6. The van der Waals surface area contributed by atoms with Crippen molar-refractivity contribution in [3.05, 3.63) is 48.0 Å². The van der Waals surface area contributed by atoms with Crippen molar-refractivity contribution in [2.75, 3.05) is 0 Å². The molecule has 0 saturated heterocycles. The Balaban J connectivity index is 2.35. The summed E-state index contributed by atoms with van der Waals surface area (Å²) in [6.07, 6.45) is 0. The highest BCUT2D eigenvalue weighted by Gasteiger charge is 2.08. The zero-order chi connectivity index (χ0) is 11.5. The lowest BCUT2D eigenvalue weighted by molar-refractivity contribution is -0.109. The molecule has 0 aliphatic heterocycles. The average Bonchev–Trinajstić information content (AvgIpc) is 2.27. The predicted octanol–water partition coefficient (Wildman–Crippen LogP) is 4.18. The number of carbonyl (C=O) groups is 1. The Kier molecular flexibility index (Phi) is 3.30. The van der Waals surface area contributed by atoms with Crippen molar-refractivity contribution in [3.63, 3.8) is 0 Å². The lowest BCUT2D eigenvalue weighted by Gasteiger charge is -2.10. The highest BCUT2D eigenvalue weighted by molar-refractivity contribution is 8.13. The highest BCUT2D eigenvalue weighted by Crippen LogP contribution is 2.30. The van der Waals surface area contributed by atoms with Gasteiger partial charge in [-0.2, -0.15) is 0 Å². The van der Waals surface area contributed by atoms with Crippen LogP contribution in [0.25, 0.3) is 10.8 Å². The molecule has 0 radical (unpaired) electrons. The number of benzene rings is 2. The Hall–Kier alpha value is -1.28. The van der Waals surface area contributed by atoms with Gasteiger partial charge in [-0.15, -0.1) is 0 Å². The summed E-state index contributed by atoms with van der Waals surface area (Å²) in [5.74, 6) is 0. The van der Waals surface area contributed by atoms with E-state index in [4.69, 9.17) is 0 Å². The van der Waals surface area contributed by atoms with Gasteiger partial charge in [-0.05, 0) is 23.3 Å². The van der Waals surface area contributed by atoms with Gasteiger partial charge in [0.05, 0.1) is 0 Å². The molecule has 0 amide bonds. The zero-order valence-corrected chi connectivity index (χ0v) is 10.3. The first-order valence-electron chi connectivity index (χ1n) is 5.33. The molecule has 1 unspecified atom stereocenters. The molecule has 2 rings (SSSR count). The first kappa shape index (κ1) is 11.2.